The predicted octanol–water partition coefficient (Wildman–Crippen LogP) is 3.06. The summed E-state index contributed by atoms with van der Waals surface area (Å²) in [5.41, 5.74) is 2.88. The normalized spacial score (nSPS) is 13.6. The predicted molar refractivity (Wildman–Crippen MR) is 76.5 cm³/mol. The summed E-state index contributed by atoms with van der Waals surface area (Å²) in [6.45, 7) is 4.07. The van der Waals surface area contributed by atoms with E-state index in [-0.39, 0.29) is 16.9 Å². The molecule has 3 N–H and O–H groups in total. The van der Waals surface area contributed by atoms with Crippen molar-refractivity contribution in [3.8, 4) is 0 Å². The number of halogens is 2. The second kappa shape index (κ2) is 7.20. The van der Waals surface area contributed by atoms with Crippen LogP contribution in [0.25, 0.3) is 0 Å². The van der Waals surface area contributed by atoms with Crippen LogP contribution in [0.4, 0.5) is 4.39 Å². The van der Waals surface area contributed by atoms with Gasteiger partial charge in [0.1, 0.15) is 5.82 Å². The highest BCUT2D eigenvalue weighted by molar-refractivity contribution is 6.30. The maximum absolute atomic E-state index is 14.0. The van der Waals surface area contributed by atoms with Crippen LogP contribution in [0, 0.1) is 5.82 Å². The van der Waals surface area contributed by atoms with Gasteiger partial charge in [0.05, 0.1) is 16.7 Å². The van der Waals surface area contributed by atoms with E-state index < -0.39 is 5.60 Å². The van der Waals surface area contributed by atoms with Crippen LogP contribution < -0.4 is 11.3 Å². The zero-order valence-electron chi connectivity index (χ0n) is 11.7. The van der Waals surface area contributed by atoms with E-state index in [4.69, 9.17) is 22.2 Å². The van der Waals surface area contributed by atoms with Gasteiger partial charge in [0.25, 0.3) is 0 Å². The number of nitrogens with two attached hydrogens (primary N) is 1. The summed E-state index contributed by atoms with van der Waals surface area (Å²) in [5, 5.41) is 0.129. The Balaban J connectivity index is 3.02. The molecule has 5 heteroatoms. The van der Waals surface area contributed by atoms with Crippen LogP contribution in [0.5, 0.6) is 0 Å². The molecule has 0 bridgehead atoms. The minimum atomic E-state index is -0.413. The van der Waals surface area contributed by atoms with Gasteiger partial charge in [-0.1, -0.05) is 37.6 Å². The van der Waals surface area contributed by atoms with E-state index in [2.05, 4.69) is 5.43 Å². The van der Waals surface area contributed by atoms with E-state index in [0.717, 1.165) is 12.8 Å². The fourth-order valence-electron chi connectivity index (χ4n) is 2.50. The van der Waals surface area contributed by atoms with E-state index in [1.165, 1.54) is 6.07 Å². The first-order valence-electron chi connectivity index (χ1n) is 6.48. The fourth-order valence-corrected chi connectivity index (χ4v) is 2.69. The van der Waals surface area contributed by atoms with E-state index in [1.807, 2.05) is 13.8 Å². The van der Waals surface area contributed by atoms with E-state index in [0.29, 0.717) is 12.0 Å². The number of hydrogen-bond donors (Lipinski definition) is 2. The van der Waals surface area contributed by atoms with Gasteiger partial charge in [0.15, 0.2) is 0 Å². The molecule has 19 heavy (non-hydrogen) atoms. The van der Waals surface area contributed by atoms with E-state index in [9.17, 15) is 4.39 Å². The second-order valence-electron chi connectivity index (χ2n) is 4.61. The van der Waals surface area contributed by atoms with Gasteiger partial charge in [-0.3, -0.25) is 11.3 Å². The van der Waals surface area contributed by atoms with Gasteiger partial charge in [0.2, 0.25) is 0 Å². The molecule has 0 aliphatic carbocycles. The maximum atomic E-state index is 14.0. The Morgan fingerprint density at radius 3 is 2.53 bits per heavy atom. The molecule has 0 aromatic heterocycles. The summed E-state index contributed by atoms with van der Waals surface area (Å²) < 4.78 is 19.6. The third-order valence-corrected chi connectivity index (χ3v) is 4.19. The second-order valence-corrected chi connectivity index (χ2v) is 5.02. The molecule has 0 aliphatic heterocycles. The first-order valence-corrected chi connectivity index (χ1v) is 6.86. The molecule has 0 heterocycles. The van der Waals surface area contributed by atoms with Gasteiger partial charge < -0.3 is 4.74 Å². The van der Waals surface area contributed by atoms with Gasteiger partial charge in [-0.15, -0.1) is 0 Å². The number of rotatable bonds is 7. The molecule has 0 fully saturated rings. The Morgan fingerprint density at radius 1 is 1.42 bits per heavy atom. The average molecular weight is 289 g/mol. The van der Waals surface area contributed by atoms with Crippen molar-refractivity contribution in [2.45, 2.75) is 44.8 Å². The molecule has 0 amide bonds. The van der Waals surface area contributed by atoms with Crippen LogP contribution in [-0.4, -0.2) is 18.8 Å². The molecule has 1 aromatic carbocycles. The van der Waals surface area contributed by atoms with Gasteiger partial charge in [-0.05, 0) is 30.9 Å². The maximum Gasteiger partial charge on any atom is 0.145 e. The molecule has 0 spiro atoms. The van der Waals surface area contributed by atoms with Crippen molar-refractivity contribution in [3.05, 3.63) is 34.6 Å². The molecule has 1 rings (SSSR count). The molecule has 0 aliphatic rings. The van der Waals surface area contributed by atoms with Crippen molar-refractivity contribution in [1.29, 1.82) is 0 Å². The average Bonchev–Trinajstić information content (AvgIpc) is 2.44. The summed E-state index contributed by atoms with van der Waals surface area (Å²) in [4.78, 5) is 0. The number of methoxy groups -OCH3 is 1. The first kappa shape index (κ1) is 16.4. The number of benzene rings is 1. The summed E-state index contributed by atoms with van der Waals surface area (Å²) in [6.07, 6.45) is 2.01. The van der Waals surface area contributed by atoms with Crippen molar-refractivity contribution in [3.63, 3.8) is 0 Å². The van der Waals surface area contributed by atoms with Gasteiger partial charge in [-0.2, -0.15) is 0 Å². The van der Waals surface area contributed by atoms with Crippen molar-refractivity contribution < 1.29 is 9.13 Å². The van der Waals surface area contributed by atoms with Crippen LogP contribution in [0.15, 0.2) is 18.2 Å². The minimum Gasteiger partial charge on any atom is -0.377 e. The largest absolute Gasteiger partial charge is 0.377 e. The monoisotopic (exact) mass is 288 g/mol. The van der Waals surface area contributed by atoms with Crippen LogP contribution >= 0.6 is 11.6 Å². The minimum absolute atomic E-state index is 0.129. The summed E-state index contributed by atoms with van der Waals surface area (Å²) in [5.74, 6) is 5.25. The van der Waals surface area contributed by atoms with Crippen LogP contribution in [0.2, 0.25) is 5.02 Å². The van der Waals surface area contributed by atoms with Gasteiger partial charge in [0, 0.05) is 7.11 Å². The molecule has 3 nitrogen and oxygen atoms in total. The first-order chi connectivity index (χ1) is 9.04. The number of nitrogens with one attached hydrogen (secondary N) is 1. The third-order valence-electron chi connectivity index (χ3n) is 3.90. The molecular formula is C14H22ClFN2O. The van der Waals surface area contributed by atoms with Crippen LogP contribution in [-0.2, 0) is 11.2 Å². The van der Waals surface area contributed by atoms with E-state index in [1.54, 1.807) is 19.2 Å². The highest BCUT2D eigenvalue weighted by atomic mass is 35.5. The molecular weight excluding hydrogens is 267 g/mol. The standard InChI is InChI=1S/C14H22ClFN2O/c1-4-14(5-2,19-3)12(18-17)9-10-7-6-8-11(15)13(10)16/h6-8,12,18H,4-5,9,17H2,1-3H3. The Morgan fingerprint density at radius 2 is 2.05 bits per heavy atom. The highest BCUT2D eigenvalue weighted by Crippen LogP contribution is 2.28. The molecule has 0 radical (unpaired) electrons. The Labute approximate surface area is 119 Å². The van der Waals surface area contributed by atoms with Crippen molar-refractivity contribution in [2.75, 3.05) is 7.11 Å². The number of hydrogen-bond acceptors (Lipinski definition) is 3. The smallest absolute Gasteiger partial charge is 0.145 e. The van der Waals surface area contributed by atoms with E-state index >= 15 is 0 Å². The molecule has 108 valence electrons. The van der Waals surface area contributed by atoms with Crippen LogP contribution in [0.1, 0.15) is 32.3 Å². The molecule has 1 aromatic rings. The Bertz CT molecular complexity index is 402. The Hall–Kier alpha value is -0.680. The zero-order chi connectivity index (χ0) is 14.5. The van der Waals surface area contributed by atoms with Crippen molar-refractivity contribution in [2.24, 2.45) is 5.84 Å². The number of hydrazine groups is 1. The topological polar surface area (TPSA) is 47.3 Å². The molecule has 1 unspecified atom stereocenters. The fraction of sp³-hybridized carbons (Fsp3) is 0.571. The zero-order valence-corrected chi connectivity index (χ0v) is 12.4. The molecule has 0 saturated carbocycles. The van der Waals surface area contributed by atoms with Crippen molar-refractivity contribution >= 4 is 11.6 Å². The molecule has 0 saturated heterocycles. The van der Waals surface area contributed by atoms with Crippen molar-refractivity contribution in [1.82, 2.24) is 5.43 Å². The lowest BCUT2D eigenvalue weighted by molar-refractivity contribution is -0.0474. The SMILES string of the molecule is CCC(CC)(OC)C(Cc1cccc(Cl)c1F)NN. The lowest BCUT2D eigenvalue weighted by Crippen LogP contribution is -2.55. The van der Waals surface area contributed by atoms with Crippen LogP contribution in [0.3, 0.4) is 0 Å². The van der Waals surface area contributed by atoms with Gasteiger partial charge in [-0.25, -0.2) is 4.39 Å². The quantitative estimate of drug-likeness (QED) is 0.599. The molecule has 1 atom stereocenters. The lowest BCUT2D eigenvalue weighted by atomic mass is 9.84. The third kappa shape index (κ3) is 3.45. The summed E-state index contributed by atoms with van der Waals surface area (Å²) >= 11 is 5.80. The number of ether oxygens (including phenoxy) is 1. The summed E-state index contributed by atoms with van der Waals surface area (Å²) in [7, 11) is 1.66. The van der Waals surface area contributed by atoms with Gasteiger partial charge >= 0.3 is 0 Å². The highest BCUT2D eigenvalue weighted by Gasteiger charge is 2.35. The Kier molecular flexibility index (Phi) is 6.20. The summed E-state index contributed by atoms with van der Waals surface area (Å²) in [6, 6.07) is 4.81. The lowest BCUT2D eigenvalue weighted by Gasteiger charge is -2.38.